The summed E-state index contributed by atoms with van der Waals surface area (Å²) in [7, 11) is 0. The van der Waals surface area contributed by atoms with Crippen LogP contribution >= 0.6 is 0 Å². The number of ether oxygens (including phenoxy) is 1. The van der Waals surface area contributed by atoms with E-state index in [1.807, 2.05) is 18.2 Å². The molecule has 0 amide bonds. The summed E-state index contributed by atoms with van der Waals surface area (Å²) in [4.78, 5) is 4.07. The second kappa shape index (κ2) is 2.33. The average Bonchev–Trinajstić information content (AvgIpc) is 2.87. The zero-order chi connectivity index (χ0) is 7.68. The van der Waals surface area contributed by atoms with Gasteiger partial charge in [-0.05, 0) is 12.1 Å². The number of hydrogen-bond acceptors (Lipinski definition) is 3. The Morgan fingerprint density at radius 1 is 1.64 bits per heavy atom. The number of rotatable bonds is 1. The molecule has 0 bridgehead atoms. The van der Waals surface area contributed by atoms with E-state index in [2.05, 4.69) is 4.98 Å². The van der Waals surface area contributed by atoms with Crippen molar-refractivity contribution >= 4 is 0 Å². The van der Waals surface area contributed by atoms with E-state index in [-0.39, 0.29) is 6.10 Å². The Labute approximate surface area is 64.2 Å². The Bertz CT molecular complexity index is 312. The largest absolute Gasteiger partial charge is 0.366 e. The number of nitrogens with zero attached hydrogens (tertiary/aromatic N) is 2. The summed E-state index contributed by atoms with van der Waals surface area (Å²) < 4.78 is 5.02. The van der Waals surface area contributed by atoms with Gasteiger partial charge in [0.1, 0.15) is 17.9 Å². The van der Waals surface area contributed by atoms with Crippen molar-refractivity contribution in [1.29, 1.82) is 5.26 Å². The molecular formula is C8H6N2O. The number of hydrogen-bond donors (Lipinski definition) is 0. The Morgan fingerprint density at radius 3 is 3.09 bits per heavy atom. The summed E-state index contributed by atoms with van der Waals surface area (Å²) in [6.45, 7) is 0.738. The van der Waals surface area contributed by atoms with E-state index in [1.165, 1.54) is 0 Å². The third kappa shape index (κ3) is 1.21. The van der Waals surface area contributed by atoms with E-state index in [0.717, 1.165) is 12.3 Å². The lowest BCUT2D eigenvalue weighted by Gasteiger charge is -1.92. The topological polar surface area (TPSA) is 49.2 Å². The first-order chi connectivity index (χ1) is 5.40. The second-order valence-electron chi connectivity index (χ2n) is 2.38. The number of pyridine rings is 1. The highest BCUT2D eigenvalue weighted by Crippen LogP contribution is 2.27. The molecule has 0 radical (unpaired) electrons. The molecule has 1 saturated heterocycles. The van der Waals surface area contributed by atoms with Gasteiger partial charge in [-0.3, -0.25) is 0 Å². The van der Waals surface area contributed by atoms with Crippen LogP contribution in [0.4, 0.5) is 0 Å². The second-order valence-corrected chi connectivity index (χ2v) is 2.38. The molecule has 0 saturated carbocycles. The van der Waals surface area contributed by atoms with Gasteiger partial charge in [0.2, 0.25) is 0 Å². The van der Waals surface area contributed by atoms with Crippen LogP contribution in [-0.2, 0) is 4.74 Å². The molecule has 1 aliphatic rings. The molecule has 2 rings (SSSR count). The van der Waals surface area contributed by atoms with Crippen molar-refractivity contribution in [2.75, 3.05) is 6.61 Å². The van der Waals surface area contributed by atoms with Crippen LogP contribution < -0.4 is 0 Å². The van der Waals surface area contributed by atoms with E-state index >= 15 is 0 Å². The molecule has 0 aliphatic carbocycles. The minimum absolute atomic E-state index is 0.142. The minimum Gasteiger partial charge on any atom is -0.366 e. The van der Waals surface area contributed by atoms with Crippen LogP contribution in [0.25, 0.3) is 0 Å². The Hall–Kier alpha value is -1.40. The summed E-state index contributed by atoms with van der Waals surface area (Å²) in [5, 5.41) is 8.51. The monoisotopic (exact) mass is 146 g/mol. The highest BCUT2D eigenvalue weighted by molar-refractivity contribution is 5.24. The van der Waals surface area contributed by atoms with E-state index < -0.39 is 0 Å². The van der Waals surface area contributed by atoms with Gasteiger partial charge in [0, 0.05) is 0 Å². The van der Waals surface area contributed by atoms with Crippen molar-refractivity contribution in [1.82, 2.24) is 4.98 Å². The van der Waals surface area contributed by atoms with Crippen molar-refractivity contribution in [3.63, 3.8) is 0 Å². The van der Waals surface area contributed by atoms with Crippen molar-refractivity contribution in [2.45, 2.75) is 6.10 Å². The summed E-state index contributed by atoms with van der Waals surface area (Å²) in [5.74, 6) is 0. The van der Waals surface area contributed by atoms with Crippen molar-refractivity contribution in [3.05, 3.63) is 29.6 Å². The number of aromatic nitrogens is 1. The van der Waals surface area contributed by atoms with Gasteiger partial charge < -0.3 is 4.74 Å². The predicted octanol–water partition coefficient (Wildman–Crippen LogP) is 1.02. The van der Waals surface area contributed by atoms with Gasteiger partial charge >= 0.3 is 0 Å². The molecule has 3 nitrogen and oxygen atoms in total. The molecule has 0 spiro atoms. The fraction of sp³-hybridized carbons (Fsp3) is 0.250. The van der Waals surface area contributed by atoms with E-state index in [1.54, 1.807) is 6.07 Å². The molecule has 0 aromatic carbocycles. The van der Waals surface area contributed by atoms with Crippen LogP contribution in [0.15, 0.2) is 18.2 Å². The van der Waals surface area contributed by atoms with Crippen LogP contribution in [0.5, 0.6) is 0 Å². The number of epoxide rings is 1. The highest BCUT2D eigenvalue weighted by Gasteiger charge is 2.26. The Balaban J connectivity index is 2.35. The van der Waals surface area contributed by atoms with Gasteiger partial charge in [0.15, 0.2) is 0 Å². The minimum atomic E-state index is 0.142. The summed E-state index contributed by atoms with van der Waals surface area (Å²) in [6.07, 6.45) is 0.142. The molecule has 3 heteroatoms. The molecule has 54 valence electrons. The molecule has 1 aliphatic heterocycles. The van der Waals surface area contributed by atoms with Crippen LogP contribution in [0.3, 0.4) is 0 Å². The van der Waals surface area contributed by atoms with Gasteiger partial charge in [0.05, 0.1) is 12.3 Å². The first-order valence-corrected chi connectivity index (χ1v) is 3.39. The maximum Gasteiger partial charge on any atom is 0.140 e. The number of nitriles is 1. The van der Waals surface area contributed by atoms with E-state index in [4.69, 9.17) is 10.00 Å². The lowest BCUT2D eigenvalue weighted by molar-refractivity contribution is 0.411. The molecule has 1 atom stereocenters. The SMILES string of the molecule is N#Cc1cccc([C@H]2CO2)n1. The first-order valence-electron chi connectivity index (χ1n) is 3.39. The quantitative estimate of drug-likeness (QED) is 0.556. The maximum atomic E-state index is 8.51. The van der Waals surface area contributed by atoms with Gasteiger partial charge in [-0.1, -0.05) is 6.07 Å². The van der Waals surface area contributed by atoms with E-state index in [0.29, 0.717) is 5.69 Å². The lowest BCUT2D eigenvalue weighted by Crippen LogP contribution is -1.89. The normalized spacial score (nSPS) is 20.8. The average molecular weight is 146 g/mol. The van der Waals surface area contributed by atoms with Crippen molar-refractivity contribution < 1.29 is 4.74 Å². The molecule has 11 heavy (non-hydrogen) atoms. The zero-order valence-electron chi connectivity index (χ0n) is 5.82. The molecule has 0 unspecified atom stereocenters. The molecule has 1 aromatic heterocycles. The maximum absolute atomic E-state index is 8.51. The molecule has 1 fully saturated rings. The summed E-state index contributed by atoms with van der Waals surface area (Å²) in [6, 6.07) is 7.37. The van der Waals surface area contributed by atoms with Crippen LogP contribution in [0.1, 0.15) is 17.5 Å². The third-order valence-corrected chi connectivity index (χ3v) is 1.55. The standard InChI is InChI=1S/C8H6N2O/c9-4-6-2-1-3-7(10-6)8-5-11-8/h1-3,8H,5H2/t8-/m1/s1. The predicted molar refractivity (Wildman–Crippen MR) is 37.6 cm³/mol. The van der Waals surface area contributed by atoms with Crippen LogP contribution in [0.2, 0.25) is 0 Å². The highest BCUT2D eigenvalue weighted by atomic mass is 16.6. The smallest absolute Gasteiger partial charge is 0.140 e. The third-order valence-electron chi connectivity index (χ3n) is 1.55. The van der Waals surface area contributed by atoms with Gasteiger partial charge in [-0.2, -0.15) is 5.26 Å². The first kappa shape index (κ1) is 6.32. The molecule has 2 heterocycles. The zero-order valence-corrected chi connectivity index (χ0v) is 5.82. The van der Waals surface area contributed by atoms with Crippen LogP contribution in [-0.4, -0.2) is 11.6 Å². The molecular weight excluding hydrogens is 140 g/mol. The van der Waals surface area contributed by atoms with Crippen LogP contribution in [0, 0.1) is 11.3 Å². The van der Waals surface area contributed by atoms with Crippen molar-refractivity contribution in [3.8, 4) is 6.07 Å². The summed E-state index contributed by atoms with van der Waals surface area (Å²) >= 11 is 0. The van der Waals surface area contributed by atoms with Crippen molar-refractivity contribution in [2.24, 2.45) is 0 Å². The van der Waals surface area contributed by atoms with Gasteiger partial charge in [0.25, 0.3) is 0 Å². The Morgan fingerprint density at radius 2 is 2.45 bits per heavy atom. The van der Waals surface area contributed by atoms with E-state index in [9.17, 15) is 0 Å². The molecule has 0 N–H and O–H groups in total. The van der Waals surface area contributed by atoms with Gasteiger partial charge in [-0.25, -0.2) is 4.98 Å². The Kier molecular flexibility index (Phi) is 1.34. The van der Waals surface area contributed by atoms with Gasteiger partial charge in [-0.15, -0.1) is 0 Å². The fourth-order valence-corrected chi connectivity index (χ4v) is 0.912. The molecule has 1 aromatic rings. The summed E-state index contributed by atoms with van der Waals surface area (Å²) in [5.41, 5.74) is 1.32. The fourth-order valence-electron chi connectivity index (χ4n) is 0.912. The lowest BCUT2D eigenvalue weighted by atomic mass is 10.2.